The Morgan fingerprint density at radius 2 is 1.96 bits per heavy atom. The van der Waals surface area contributed by atoms with Crippen LogP contribution >= 0.6 is 0 Å². The van der Waals surface area contributed by atoms with Gasteiger partial charge in [0.2, 0.25) is 0 Å². The second-order valence-corrected chi connectivity index (χ2v) is 8.17. The first kappa shape index (κ1) is 18.1. The van der Waals surface area contributed by atoms with E-state index in [4.69, 9.17) is 0 Å². The molecule has 0 bridgehead atoms. The third kappa shape index (κ3) is 3.14. The predicted molar refractivity (Wildman–Crippen MR) is 102 cm³/mol. The van der Waals surface area contributed by atoms with Crippen molar-refractivity contribution in [1.29, 1.82) is 0 Å². The van der Waals surface area contributed by atoms with E-state index in [0.717, 1.165) is 57.5 Å². The van der Waals surface area contributed by atoms with E-state index >= 15 is 0 Å². The highest BCUT2D eigenvalue weighted by Gasteiger charge is 2.55. The van der Waals surface area contributed by atoms with Gasteiger partial charge in [-0.25, -0.2) is 9.69 Å². The molecule has 3 fully saturated rings. The van der Waals surface area contributed by atoms with E-state index in [1.54, 1.807) is 6.07 Å². The third-order valence-corrected chi connectivity index (χ3v) is 6.58. The predicted octanol–water partition coefficient (Wildman–Crippen LogP) is 0.555. The number of urea groups is 1. The highest BCUT2D eigenvalue weighted by atomic mass is 16.3. The molecular weight excluding hydrogens is 344 g/mol. The van der Waals surface area contributed by atoms with E-state index in [2.05, 4.69) is 17.1 Å². The lowest BCUT2D eigenvalue weighted by molar-refractivity contribution is -0.907. The quantitative estimate of drug-likeness (QED) is 0.677. The smallest absolute Gasteiger partial charge is 0.329 e. The maximum absolute atomic E-state index is 13.1. The zero-order valence-corrected chi connectivity index (χ0v) is 15.9. The fraction of sp³-hybridized carbons (Fsp3) is 0.600. The molecule has 0 aromatic heterocycles. The molecule has 1 saturated carbocycles. The van der Waals surface area contributed by atoms with Gasteiger partial charge in [0.25, 0.3) is 5.91 Å². The van der Waals surface area contributed by atoms with Crippen molar-refractivity contribution in [1.82, 2.24) is 10.2 Å². The third-order valence-electron chi connectivity index (χ3n) is 6.58. The van der Waals surface area contributed by atoms with E-state index in [1.165, 1.54) is 9.80 Å². The fourth-order valence-electron chi connectivity index (χ4n) is 4.82. The number of hydrogen-bond acceptors (Lipinski definition) is 4. The van der Waals surface area contributed by atoms with E-state index < -0.39 is 5.54 Å². The van der Waals surface area contributed by atoms with Crippen molar-refractivity contribution in [3.8, 4) is 5.75 Å². The van der Waals surface area contributed by atoms with E-state index in [0.29, 0.717) is 12.4 Å². The number of phenolic OH excluding ortho intramolecular Hbond substituents is 1. The second kappa shape index (κ2) is 7.03. The number of rotatable bonds is 3. The molecule has 27 heavy (non-hydrogen) atoms. The number of benzene rings is 1. The van der Waals surface area contributed by atoms with E-state index in [1.807, 2.05) is 18.2 Å². The highest BCUT2D eigenvalue weighted by molar-refractivity contribution is 6.07. The summed E-state index contributed by atoms with van der Waals surface area (Å²) in [5, 5.41) is 13.1. The summed E-state index contributed by atoms with van der Waals surface area (Å²) in [6.45, 7) is 5.74. The van der Waals surface area contributed by atoms with Crippen LogP contribution < -0.4 is 15.1 Å². The molecule has 2 heterocycles. The highest BCUT2D eigenvalue weighted by Crippen LogP contribution is 2.37. The summed E-state index contributed by atoms with van der Waals surface area (Å²) in [6, 6.07) is 7.13. The van der Waals surface area contributed by atoms with Gasteiger partial charge < -0.3 is 20.2 Å². The topological polar surface area (TPSA) is 77.3 Å². The zero-order chi connectivity index (χ0) is 19.0. The first-order valence-electron chi connectivity index (χ1n) is 10.0. The van der Waals surface area contributed by atoms with Gasteiger partial charge in [-0.3, -0.25) is 4.79 Å². The van der Waals surface area contributed by atoms with Gasteiger partial charge in [-0.05, 0) is 30.9 Å². The molecule has 7 heteroatoms. The van der Waals surface area contributed by atoms with Crippen LogP contribution in [0.15, 0.2) is 24.3 Å². The molecule has 3 amide bonds. The first-order valence-corrected chi connectivity index (χ1v) is 10.0. The van der Waals surface area contributed by atoms with Crippen LogP contribution in [-0.4, -0.2) is 60.3 Å². The summed E-state index contributed by atoms with van der Waals surface area (Å²) in [6.07, 6.45) is 3.87. The van der Waals surface area contributed by atoms with E-state index in [9.17, 15) is 14.7 Å². The Labute approximate surface area is 159 Å². The summed E-state index contributed by atoms with van der Waals surface area (Å²) in [5.41, 5.74) is 0.174. The summed E-state index contributed by atoms with van der Waals surface area (Å²) < 4.78 is 0. The van der Waals surface area contributed by atoms with Crippen LogP contribution in [0, 0.1) is 5.92 Å². The number of hydrogen-bond donors (Lipinski definition) is 3. The summed E-state index contributed by atoms with van der Waals surface area (Å²) >= 11 is 0. The summed E-state index contributed by atoms with van der Waals surface area (Å²) in [7, 11) is 0. The lowest BCUT2D eigenvalue weighted by Gasteiger charge is -2.37. The van der Waals surface area contributed by atoms with Gasteiger partial charge in [0, 0.05) is 0 Å². The molecule has 1 spiro atoms. The van der Waals surface area contributed by atoms with E-state index in [-0.39, 0.29) is 17.9 Å². The van der Waals surface area contributed by atoms with Crippen molar-refractivity contribution in [2.75, 3.05) is 37.7 Å². The van der Waals surface area contributed by atoms with Gasteiger partial charge in [-0.15, -0.1) is 0 Å². The molecule has 2 atom stereocenters. The van der Waals surface area contributed by atoms with Crippen molar-refractivity contribution in [3.05, 3.63) is 24.3 Å². The minimum atomic E-state index is -0.674. The first-order chi connectivity index (χ1) is 13.0. The molecular formula is C20H29N4O3+. The Balaban J connectivity index is 1.38. The monoisotopic (exact) mass is 373 g/mol. The van der Waals surface area contributed by atoms with Crippen molar-refractivity contribution in [2.24, 2.45) is 5.92 Å². The number of imide groups is 1. The Morgan fingerprint density at radius 1 is 1.22 bits per heavy atom. The average Bonchev–Trinajstić information content (AvgIpc) is 2.90. The molecule has 2 aliphatic heterocycles. The molecule has 3 N–H and O–H groups in total. The fourth-order valence-corrected chi connectivity index (χ4v) is 4.82. The minimum absolute atomic E-state index is 0.0321. The molecule has 4 rings (SSSR count). The number of nitrogens with one attached hydrogen (secondary N) is 2. The Kier molecular flexibility index (Phi) is 4.72. The Morgan fingerprint density at radius 3 is 2.67 bits per heavy atom. The van der Waals surface area contributed by atoms with Gasteiger partial charge in [-0.2, -0.15) is 0 Å². The molecule has 146 valence electrons. The van der Waals surface area contributed by atoms with Gasteiger partial charge in [0.1, 0.15) is 11.3 Å². The molecule has 1 aromatic rings. The number of piperazine rings is 1. The van der Waals surface area contributed by atoms with Gasteiger partial charge in [-0.1, -0.05) is 31.9 Å². The van der Waals surface area contributed by atoms with Crippen LogP contribution in [0.4, 0.5) is 10.5 Å². The molecule has 0 radical (unpaired) electrons. The van der Waals surface area contributed by atoms with Gasteiger partial charge >= 0.3 is 6.03 Å². The van der Waals surface area contributed by atoms with Crippen LogP contribution in [-0.2, 0) is 4.79 Å². The van der Waals surface area contributed by atoms with Crippen molar-refractivity contribution in [2.45, 2.75) is 38.1 Å². The molecule has 3 aliphatic rings. The average molecular weight is 373 g/mol. The molecule has 2 saturated heterocycles. The number of anilines is 1. The molecule has 0 unspecified atom stereocenters. The van der Waals surface area contributed by atoms with Crippen LogP contribution in [0.25, 0.3) is 0 Å². The summed E-state index contributed by atoms with van der Waals surface area (Å²) in [4.78, 5) is 30.5. The lowest BCUT2D eigenvalue weighted by Crippen LogP contribution is -3.16. The standard InChI is InChI=1S/C20H28N4O3/c1-15-6-4-5-9-20(15)18(26)24(19(27)21-20)14-22-10-12-23(13-11-22)16-7-2-3-8-17(16)25/h2-3,7-8,15,25H,4-6,9-14H2,1H3,(H,21,27)/p+1/t15-,20+/m0/s1. The number of carbonyl (C=O) groups is 2. The summed E-state index contributed by atoms with van der Waals surface area (Å²) in [5.74, 6) is 0.458. The van der Waals surface area contributed by atoms with Gasteiger partial charge in [0.05, 0.1) is 31.9 Å². The van der Waals surface area contributed by atoms with Crippen molar-refractivity contribution in [3.63, 3.8) is 0 Å². The number of amides is 3. The maximum atomic E-state index is 13.1. The number of nitrogens with zero attached hydrogens (tertiary/aromatic N) is 2. The Hall–Kier alpha value is -2.28. The van der Waals surface area contributed by atoms with Crippen LogP contribution in [0.3, 0.4) is 0 Å². The molecule has 1 aromatic carbocycles. The lowest BCUT2D eigenvalue weighted by atomic mass is 9.73. The molecule has 1 aliphatic carbocycles. The number of phenols is 1. The number of aromatic hydroxyl groups is 1. The zero-order valence-electron chi connectivity index (χ0n) is 15.9. The number of para-hydroxylation sites is 2. The van der Waals surface area contributed by atoms with Crippen LogP contribution in [0.2, 0.25) is 0 Å². The van der Waals surface area contributed by atoms with Crippen LogP contribution in [0.1, 0.15) is 32.6 Å². The van der Waals surface area contributed by atoms with Gasteiger partial charge in [0.15, 0.2) is 6.67 Å². The SMILES string of the molecule is C[C@H]1CCCC[C@@]12NC(=O)N(C[NH+]1CCN(c3ccccc3O)CC1)C2=O. The maximum Gasteiger partial charge on any atom is 0.329 e. The second-order valence-electron chi connectivity index (χ2n) is 8.17. The largest absolute Gasteiger partial charge is 0.506 e. The van der Waals surface area contributed by atoms with Crippen molar-refractivity contribution < 1.29 is 19.6 Å². The van der Waals surface area contributed by atoms with Crippen molar-refractivity contribution >= 4 is 17.6 Å². The molecule has 7 nitrogen and oxygen atoms in total. The number of carbonyl (C=O) groups excluding carboxylic acids is 2. The Bertz CT molecular complexity index is 732. The number of quaternary nitrogens is 1. The van der Waals surface area contributed by atoms with Crippen LogP contribution in [0.5, 0.6) is 5.75 Å². The normalized spacial score (nSPS) is 29.4. The minimum Gasteiger partial charge on any atom is -0.506 e.